The van der Waals surface area contributed by atoms with Gasteiger partial charge < -0.3 is 10.1 Å². The quantitative estimate of drug-likeness (QED) is 0.845. The molecule has 0 saturated carbocycles. The molecule has 0 saturated heterocycles. The van der Waals surface area contributed by atoms with Crippen molar-refractivity contribution in [1.82, 2.24) is 5.32 Å². The zero-order valence-electron chi connectivity index (χ0n) is 12.5. The Morgan fingerprint density at radius 3 is 2.78 bits per heavy atom. The van der Waals surface area contributed by atoms with Gasteiger partial charge in [-0.05, 0) is 55.5 Å². The summed E-state index contributed by atoms with van der Waals surface area (Å²) in [5.74, 6) is 0.293. The molecule has 2 aromatic rings. The van der Waals surface area contributed by atoms with Crippen LogP contribution in [0.4, 0.5) is 5.69 Å². The zero-order valence-corrected chi connectivity index (χ0v) is 13.3. The molecule has 0 spiro atoms. The van der Waals surface area contributed by atoms with Crippen LogP contribution in [0.1, 0.15) is 22.8 Å². The number of ether oxygens (including phenoxy) is 1. The molecule has 2 rings (SSSR count). The van der Waals surface area contributed by atoms with E-state index in [0.717, 1.165) is 0 Å². The van der Waals surface area contributed by atoms with Crippen LogP contribution in [0.25, 0.3) is 0 Å². The largest absolute Gasteiger partial charge is 0.494 e. The maximum Gasteiger partial charge on any atom is 0.257 e. The molecule has 0 aromatic heterocycles. The molecule has 0 atom stereocenters. The van der Waals surface area contributed by atoms with Gasteiger partial charge in [0, 0.05) is 11.3 Å². The number of rotatable bonds is 4. The second-order valence-corrected chi connectivity index (χ2v) is 4.97. The van der Waals surface area contributed by atoms with E-state index in [1.54, 1.807) is 48.5 Å². The summed E-state index contributed by atoms with van der Waals surface area (Å²) in [6.07, 6.45) is 0. The van der Waals surface area contributed by atoms with Gasteiger partial charge in [0.1, 0.15) is 5.75 Å². The second kappa shape index (κ2) is 7.92. The topological polar surface area (TPSA) is 74.2 Å². The van der Waals surface area contributed by atoms with E-state index in [1.165, 1.54) is 0 Å². The number of carbonyl (C=O) groups excluding carboxylic acids is 1. The Labute approximate surface area is 139 Å². The van der Waals surface area contributed by atoms with Crippen LogP contribution in [0.15, 0.2) is 48.5 Å². The molecule has 0 fully saturated rings. The fraction of sp³-hybridized carbons (Fsp3) is 0.118. The summed E-state index contributed by atoms with van der Waals surface area (Å²) < 4.78 is 5.36. The lowest BCUT2D eigenvalue weighted by molar-refractivity contribution is 0.0977. The van der Waals surface area contributed by atoms with Gasteiger partial charge >= 0.3 is 0 Å². The summed E-state index contributed by atoms with van der Waals surface area (Å²) >= 11 is 5.12. The summed E-state index contributed by atoms with van der Waals surface area (Å²) in [4.78, 5) is 12.2. The standard InChI is InChI=1S/C17H15N3O2S/c1-2-22-15-8-4-6-13(10-15)16(21)20-17(23)19-14-7-3-5-12(9-14)11-18/h3-10H,2H2,1H3,(H2,19,20,21,23). The van der Waals surface area contributed by atoms with Crippen molar-refractivity contribution >= 4 is 28.9 Å². The van der Waals surface area contributed by atoms with Crippen LogP contribution in [-0.4, -0.2) is 17.6 Å². The van der Waals surface area contributed by atoms with Gasteiger partial charge in [0.25, 0.3) is 5.91 Å². The van der Waals surface area contributed by atoms with E-state index < -0.39 is 0 Å². The third-order valence-electron chi connectivity index (χ3n) is 2.88. The fourth-order valence-corrected chi connectivity index (χ4v) is 2.11. The summed E-state index contributed by atoms with van der Waals surface area (Å²) in [6.45, 7) is 2.40. The molecule has 23 heavy (non-hydrogen) atoms. The molecule has 0 radical (unpaired) electrons. The van der Waals surface area contributed by atoms with Gasteiger partial charge in [-0.1, -0.05) is 12.1 Å². The van der Waals surface area contributed by atoms with Crippen LogP contribution in [0.2, 0.25) is 0 Å². The van der Waals surface area contributed by atoms with Crippen LogP contribution in [0, 0.1) is 11.3 Å². The smallest absolute Gasteiger partial charge is 0.257 e. The minimum Gasteiger partial charge on any atom is -0.494 e. The van der Waals surface area contributed by atoms with Crippen molar-refractivity contribution in [3.05, 3.63) is 59.7 Å². The number of nitrogens with zero attached hydrogens (tertiary/aromatic N) is 1. The van der Waals surface area contributed by atoms with Gasteiger partial charge in [0.15, 0.2) is 5.11 Å². The minimum atomic E-state index is -0.333. The molecule has 0 aliphatic rings. The molecule has 1 amide bonds. The van der Waals surface area contributed by atoms with E-state index in [1.807, 2.05) is 13.0 Å². The van der Waals surface area contributed by atoms with Gasteiger partial charge in [-0.3, -0.25) is 10.1 Å². The van der Waals surface area contributed by atoms with Crippen molar-refractivity contribution in [3.63, 3.8) is 0 Å². The van der Waals surface area contributed by atoms with Crippen molar-refractivity contribution in [2.75, 3.05) is 11.9 Å². The molecule has 0 bridgehead atoms. The highest BCUT2D eigenvalue weighted by atomic mass is 32.1. The molecule has 2 N–H and O–H groups in total. The molecular weight excluding hydrogens is 310 g/mol. The molecule has 0 unspecified atom stereocenters. The first-order chi connectivity index (χ1) is 11.1. The number of benzene rings is 2. The average molecular weight is 325 g/mol. The first kappa shape index (κ1) is 16.5. The maximum absolute atomic E-state index is 12.2. The van der Waals surface area contributed by atoms with Crippen LogP contribution in [0.3, 0.4) is 0 Å². The fourth-order valence-electron chi connectivity index (χ4n) is 1.90. The molecular formula is C17H15N3O2S. The number of amides is 1. The lowest BCUT2D eigenvalue weighted by Crippen LogP contribution is -2.34. The number of thiocarbonyl (C=S) groups is 1. The molecule has 5 nitrogen and oxygen atoms in total. The average Bonchev–Trinajstić information content (AvgIpc) is 2.55. The highest BCUT2D eigenvalue weighted by molar-refractivity contribution is 7.80. The van der Waals surface area contributed by atoms with Gasteiger partial charge in [-0.15, -0.1) is 0 Å². The number of nitriles is 1. The summed E-state index contributed by atoms with van der Waals surface area (Å²) in [5.41, 5.74) is 1.59. The number of hydrogen-bond donors (Lipinski definition) is 2. The third-order valence-corrected chi connectivity index (χ3v) is 3.09. The number of nitrogens with one attached hydrogen (secondary N) is 2. The highest BCUT2D eigenvalue weighted by Crippen LogP contribution is 2.13. The molecule has 2 aromatic carbocycles. The Bertz CT molecular complexity index is 768. The Balaban J connectivity index is 2.00. The van der Waals surface area contributed by atoms with Gasteiger partial charge in [-0.25, -0.2) is 0 Å². The molecule has 0 aliphatic heterocycles. The first-order valence-electron chi connectivity index (χ1n) is 6.97. The summed E-state index contributed by atoms with van der Waals surface area (Å²) in [5, 5.41) is 14.5. The SMILES string of the molecule is CCOc1cccc(C(=O)NC(=S)Nc2cccc(C#N)c2)c1. The van der Waals surface area contributed by atoms with E-state index in [2.05, 4.69) is 10.6 Å². The van der Waals surface area contributed by atoms with Gasteiger partial charge in [0.2, 0.25) is 0 Å². The minimum absolute atomic E-state index is 0.159. The second-order valence-electron chi connectivity index (χ2n) is 4.56. The number of hydrogen-bond acceptors (Lipinski definition) is 4. The van der Waals surface area contributed by atoms with Gasteiger partial charge in [-0.2, -0.15) is 5.26 Å². The van der Waals surface area contributed by atoms with Crippen LogP contribution < -0.4 is 15.4 Å². The zero-order chi connectivity index (χ0) is 16.7. The molecule has 0 heterocycles. The van der Waals surface area contributed by atoms with E-state index in [0.29, 0.717) is 29.2 Å². The predicted molar refractivity (Wildman–Crippen MR) is 92.5 cm³/mol. The lowest BCUT2D eigenvalue weighted by atomic mass is 10.2. The lowest BCUT2D eigenvalue weighted by Gasteiger charge is -2.10. The van der Waals surface area contributed by atoms with E-state index >= 15 is 0 Å². The number of anilines is 1. The Hall–Kier alpha value is -2.91. The monoisotopic (exact) mass is 325 g/mol. The molecule has 0 aliphatic carbocycles. The van der Waals surface area contributed by atoms with Crippen molar-refractivity contribution < 1.29 is 9.53 Å². The van der Waals surface area contributed by atoms with Crippen molar-refractivity contribution in [3.8, 4) is 11.8 Å². The van der Waals surface area contributed by atoms with Crippen LogP contribution in [0.5, 0.6) is 5.75 Å². The summed E-state index contributed by atoms with van der Waals surface area (Å²) in [7, 11) is 0. The van der Waals surface area contributed by atoms with Crippen molar-refractivity contribution in [1.29, 1.82) is 5.26 Å². The Morgan fingerprint density at radius 2 is 2.04 bits per heavy atom. The van der Waals surface area contributed by atoms with Crippen molar-refractivity contribution in [2.24, 2.45) is 0 Å². The Morgan fingerprint density at radius 1 is 1.26 bits per heavy atom. The highest BCUT2D eigenvalue weighted by Gasteiger charge is 2.09. The van der Waals surface area contributed by atoms with E-state index in [-0.39, 0.29) is 11.0 Å². The van der Waals surface area contributed by atoms with E-state index in [9.17, 15) is 4.79 Å². The Kier molecular flexibility index (Phi) is 5.67. The predicted octanol–water partition coefficient (Wildman–Crippen LogP) is 3.08. The summed E-state index contributed by atoms with van der Waals surface area (Å²) in [6, 6.07) is 15.7. The normalized spacial score (nSPS) is 9.57. The molecule has 116 valence electrons. The maximum atomic E-state index is 12.2. The van der Waals surface area contributed by atoms with Crippen LogP contribution >= 0.6 is 12.2 Å². The van der Waals surface area contributed by atoms with Gasteiger partial charge in [0.05, 0.1) is 18.2 Å². The number of carbonyl (C=O) groups is 1. The molecule has 6 heteroatoms. The van der Waals surface area contributed by atoms with Crippen molar-refractivity contribution in [2.45, 2.75) is 6.92 Å². The third kappa shape index (κ3) is 4.80. The first-order valence-corrected chi connectivity index (χ1v) is 7.38. The van der Waals surface area contributed by atoms with Crippen LogP contribution in [-0.2, 0) is 0 Å². The van der Waals surface area contributed by atoms with E-state index in [4.69, 9.17) is 22.2 Å².